The predicted molar refractivity (Wildman–Crippen MR) is 113 cm³/mol. The average molecular weight is 427 g/mol. The molecule has 0 aliphatic heterocycles. The van der Waals surface area contributed by atoms with Gasteiger partial charge in [0.15, 0.2) is 0 Å². The molecular weight excluding hydrogens is 381 g/mol. The molecule has 2 unspecified atom stereocenters. The summed E-state index contributed by atoms with van der Waals surface area (Å²) in [5.74, 6) is 0. The lowest BCUT2D eigenvalue weighted by molar-refractivity contribution is -0.870. The fourth-order valence-electron chi connectivity index (χ4n) is 2.41. The van der Waals surface area contributed by atoms with E-state index in [0.717, 1.165) is 25.7 Å². The third-order valence-corrected chi connectivity index (χ3v) is 5.22. The molecule has 2 atom stereocenters. The van der Waals surface area contributed by atoms with E-state index < -0.39 is 7.82 Å². The molecule has 0 saturated heterocycles. The molecule has 1 N–H and O–H groups in total. The van der Waals surface area contributed by atoms with E-state index in [1.807, 2.05) is 21.1 Å². The third-order valence-electron chi connectivity index (χ3n) is 4.24. The van der Waals surface area contributed by atoms with Gasteiger partial charge >= 0.3 is 7.82 Å². The van der Waals surface area contributed by atoms with E-state index in [1.54, 1.807) is 0 Å². The Kier molecular flexibility index (Phi) is 16.7. The van der Waals surface area contributed by atoms with E-state index in [0.29, 0.717) is 30.8 Å². The van der Waals surface area contributed by atoms with Crippen LogP contribution in [0.5, 0.6) is 0 Å². The van der Waals surface area contributed by atoms with Crippen LogP contribution >= 0.6 is 7.82 Å². The van der Waals surface area contributed by atoms with Crippen LogP contribution < -0.4 is 0 Å². The van der Waals surface area contributed by atoms with Crippen LogP contribution in [0.25, 0.3) is 0 Å². The Bertz CT molecular complexity index is 403. The Morgan fingerprint density at radius 3 is 2.00 bits per heavy atom. The van der Waals surface area contributed by atoms with Crippen LogP contribution in [0.1, 0.15) is 65.2 Å². The molecule has 0 aliphatic carbocycles. The van der Waals surface area contributed by atoms with Gasteiger partial charge < -0.3 is 18.9 Å². The first-order chi connectivity index (χ1) is 13.2. The normalized spacial score (nSPS) is 15.5. The van der Waals surface area contributed by atoms with Crippen molar-refractivity contribution in [2.45, 2.75) is 71.3 Å². The molecule has 0 heterocycles. The summed E-state index contributed by atoms with van der Waals surface area (Å²) in [7, 11) is 1.90. The first-order valence-electron chi connectivity index (χ1n) is 10.8. The van der Waals surface area contributed by atoms with Crippen LogP contribution in [0.3, 0.4) is 0 Å². The topological polar surface area (TPSA) is 74.2 Å². The van der Waals surface area contributed by atoms with E-state index in [9.17, 15) is 9.46 Å². The van der Waals surface area contributed by atoms with Crippen LogP contribution in [-0.2, 0) is 23.1 Å². The van der Waals surface area contributed by atoms with Crippen LogP contribution in [0, 0.1) is 0 Å². The third kappa shape index (κ3) is 19.3. The molecule has 0 rings (SSSR count). The molecule has 0 saturated carbocycles. The number of phosphoric ester groups is 1. The molecule has 8 heteroatoms. The monoisotopic (exact) mass is 426 g/mol. The van der Waals surface area contributed by atoms with Crippen molar-refractivity contribution < 1.29 is 32.5 Å². The summed E-state index contributed by atoms with van der Waals surface area (Å²) in [5, 5.41) is 0. The van der Waals surface area contributed by atoms with Gasteiger partial charge in [0.1, 0.15) is 19.3 Å². The van der Waals surface area contributed by atoms with E-state index in [4.69, 9.17) is 18.5 Å². The molecule has 0 spiro atoms. The highest BCUT2D eigenvalue weighted by Crippen LogP contribution is 2.43. The maximum absolute atomic E-state index is 12.1. The molecule has 0 aromatic heterocycles. The summed E-state index contributed by atoms with van der Waals surface area (Å²) < 4.78 is 34.5. The van der Waals surface area contributed by atoms with Crippen LogP contribution in [0.2, 0.25) is 0 Å². The number of nitrogens with zero attached hydrogens (tertiary/aromatic N) is 1. The fraction of sp³-hybridized carbons (Fsp3) is 1.00. The first-order valence-corrected chi connectivity index (χ1v) is 12.3. The maximum Gasteiger partial charge on any atom is 0.472 e. The van der Waals surface area contributed by atoms with Crippen molar-refractivity contribution in [3.05, 3.63) is 0 Å². The Morgan fingerprint density at radius 2 is 1.43 bits per heavy atom. The molecule has 0 aromatic carbocycles. The number of hydrogen-bond donors (Lipinski definition) is 1. The van der Waals surface area contributed by atoms with Crippen molar-refractivity contribution in [1.29, 1.82) is 0 Å². The number of phosphoric acid groups is 1. The van der Waals surface area contributed by atoms with Gasteiger partial charge in [-0.05, 0) is 12.8 Å². The second-order valence-electron chi connectivity index (χ2n) is 8.30. The van der Waals surface area contributed by atoms with E-state index >= 15 is 0 Å². The van der Waals surface area contributed by atoms with E-state index in [2.05, 4.69) is 13.8 Å². The zero-order valence-corrected chi connectivity index (χ0v) is 19.8. The van der Waals surface area contributed by atoms with Crippen LogP contribution in [0.15, 0.2) is 0 Å². The number of hydrogen-bond acceptors (Lipinski definition) is 5. The summed E-state index contributed by atoms with van der Waals surface area (Å²) in [5.41, 5.74) is 0. The summed E-state index contributed by atoms with van der Waals surface area (Å²) in [4.78, 5) is 9.88. The maximum atomic E-state index is 12.1. The predicted octanol–water partition coefficient (Wildman–Crippen LogP) is 4.39. The Morgan fingerprint density at radius 1 is 0.821 bits per heavy atom. The molecule has 170 valence electrons. The van der Waals surface area contributed by atoms with Gasteiger partial charge in [0.25, 0.3) is 0 Å². The molecule has 0 amide bonds. The molecule has 28 heavy (non-hydrogen) atoms. The second-order valence-corrected chi connectivity index (χ2v) is 9.75. The van der Waals surface area contributed by atoms with Gasteiger partial charge in [0.05, 0.1) is 34.4 Å². The zero-order valence-electron chi connectivity index (χ0n) is 18.9. The number of rotatable bonds is 20. The van der Waals surface area contributed by atoms with Gasteiger partial charge in [-0.3, -0.25) is 9.05 Å². The van der Waals surface area contributed by atoms with Crippen LogP contribution in [0.4, 0.5) is 0 Å². The minimum absolute atomic E-state index is 0.0130. The SMILES string of the molecule is CCCCCCOCC(COP(=O)(O)OCC[N+](C)(C)C)OCCCCCC. The van der Waals surface area contributed by atoms with Gasteiger partial charge in [0.2, 0.25) is 0 Å². The van der Waals surface area contributed by atoms with Crippen molar-refractivity contribution in [3.63, 3.8) is 0 Å². The van der Waals surface area contributed by atoms with Gasteiger partial charge in [-0.25, -0.2) is 4.57 Å². The highest BCUT2D eigenvalue weighted by molar-refractivity contribution is 7.47. The molecule has 0 aliphatic rings. The largest absolute Gasteiger partial charge is 0.472 e. The van der Waals surface area contributed by atoms with Crippen molar-refractivity contribution >= 4 is 7.82 Å². The quantitative estimate of drug-likeness (QED) is 0.177. The molecule has 7 nitrogen and oxygen atoms in total. The Balaban J connectivity index is 4.25. The summed E-state index contributed by atoms with van der Waals surface area (Å²) in [6, 6.07) is 0. The van der Waals surface area contributed by atoms with Gasteiger partial charge in [0, 0.05) is 13.2 Å². The molecule has 0 aromatic rings. The molecule has 0 radical (unpaired) electrons. The standard InChI is InChI=1S/C20H44NO6P/c1-6-8-10-12-15-24-18-20(25-16-13-11-9-7-2)19-27-28(22,23)26-17-14-21(3,4)5/h20H,6-19H2,1-5H3/p+1. The van der Waals surface area contributed by atoms with Crippen molar-refractivity contribution in [2.75, 3.05) is 60.7 Å². The summed E-state index contributed by atoms with van der Waals surface area (Å²) in [6.07, 6.45) is 8.66. The molecule has 0 bridgehead atoms. The minimum atomic E-state index is -4.08. The molecule has 0 fully saturated rings. The number of unbranched alkanes of at least 4 members (excludes halogenated alkanes) is 6. The van der Waals surface area contributed by atoms with E-state index in [-0.39, 0.29) is 19.3 Å². The second kappa shape index (κ2) is 16.8. The minimum Gasteiger partial charge on any atom is -0.379 e. The van der Waals surface area contributed by atoms with Gasteiger partial charge in [-0.1, -0.05) is 52.4 Å². The Hall–Kier alpha value is -0.0100. The number of ether oxygens (including phenoxy) is 2. The number of quaternary nitrogens is 1. The lowest BCUT2D eigenvalue weighted by atomic mass is 10.2. The van der Waals surface area contributed by atoms with Crippen molar-refractivity contribution in [3.8, 4) is 0 Å². The highest BCUT2D eigenvalue weighted by atomic mass is 31.2. The lowest BCUT2D eigenvalue weighted by Gasteiger charge is -2.24. The summed E-state index contributed by atoms with van der Waals surface area (Å²) in [6.45, 7) is 6.74. The van der Waals surface area contributed by atoms with Crippen LogP contribution in [-0.4, -0.2) is 76.2 Å². The fourth-order valence-corrected chi connectivity index (χ4v) is 3.16. The first kappa shape index (κ1) is 28.0. The van der Waals surface area contributed by atoms with Crippen molar-refractivity contribution in [2.24, 2.45) is 0 Å². The van der Waals surface area contributed by atoms with Gasteiger partial charge in [-0.15, -0.1) is 0 Å². The smallest absolute Gasteiger partial charge is 0.379 e. The van der Waals surface area contributed by atoms with Crippen molar-refractivity contribution in [1.82, 2.24) is 0 Å². The number of likely N-dealkylation sites (N-methyl/N-ethyl adjacent to an activating group) is 1. The average Bonchev–Trinajstić information content (AvgIpc) is 2.60. The Labute approximate surface area is 172 Å². The molecular formula is C20H45NO6P+. The highest BCUT2D eigenvalue weighted by Gasteiger charge is 2.25. The summed E-state index contributed by atoms with van der Waals surface area (Å²) >= 11 is 0. The lowest BCUT2D eigenvalue weighted by Crippen LogP contribution is -2.37. The van der Waals surface area contributed by atoms with E-state index in [1.165, 1.54) is 25.7 Å². The zero-order chi connectivity index (χ0) is 21.3. The van der Waals surface area contributed by atoms with Gasteiger partial charge in [-0.2, -0.15) is 0 Å².